The van der Waals surface area contributed by atoms with Crippen LogP contribution in [0.2, 0.25) is 0 Å². The van der Waals surface area contributed by atoms with E-state index >= 15 is 0 Å². The summed E-state index contributed by atoms with van der Waals surface area (Å²) in [5, 5.41) is 4.24. The van der Waals surface area contributed by atoms with E-state index in [-0.39, 0.29) is 6.10 Å². The first-order valence-corrected chi connectivity index (χ1v) is 6.74. The van der Waals surface area contributed by atoms with Crippen molar-refractivity contribution >= 4 is 5.69 Å². The lowest BCUT2D eigenvalue weighted by Gasteiger charge is -2.13. The number of ether oxygens (including phenoxy) is 2. The van der Waals surface area contributed by atoms with Gasteiger partial charge in [0.2, 0.25) is 0 Å². The number of anilines is 1. The molecule has 0 fully saturated rings. The van der Waals surface area contributed by atoms with E-state index in [9.17, 15) is 0 Å². The fraction of sp³-hybridized carbons (Fsp3) is 0.400. The summed E-state index contributed by atoms with van der Waals surface area (Å²) in [6, 6.07) is 5.69. The molecule has 2 N–H and O–H groups in total. The Bertz CT molecular complexity index is 576. The molecule has 0 unspecified atom stereocenters. The Labute approximate surface area is 119 Å². The maximum absolute atomic E-state index is 5.88. The van der Waals surface area contributed by atoms with Crippen LogP contribution in [-0.2, 0) is 0 Å². The maximum atomic E-state index is 5.88. The van der Waals surface area contributed by atoms with Crippen LogP contribution >= 0.6 is 0 Å². The Morgan fingerprint density at radius 3 is 2.50 bits per heavy atom. The number of aromatic nitrogens is 2. The first-order chi connectivity index (χ1) is 9.45. The fourth-order valence-electron chi connectivity index (χ4n) is 1.73. The quantitative estimate of drug-likeness (QED) is 0.846. The molecule has 2 rings (SSSR count). The monoisotopic (exact) mass is 275 g/mol. The van der Waals surface area contributed by atoms with Crippen molar-refractivity contribution in [1.82, 2.24) is 9.78 Å². The van der Waals surface area contributed by atoms with Crippen molar-refractivity contribution in [2.45, 2.75) is 39.8 Å². The number of hydrogen-bond acceptors (Lipinski definition) is 4. The van der Waals surface area contributed by atoms with E-state index in [4.69, 9.17) is 15.2 Å². The highest BCUT2D eigenvalue weighted by atomic mass is 16.5. The van der Waals surface area contributed by atoms with Gasteiger partial charge < -0.3 is 15.2 Å². The number of nitrogen functional groups attached to an aromatic ring is 1. The summed E-state index contributed by atoms with van der Waals surface area (Å²) in [6.45, 7) is 8.04. The predicted molar refractivity (Wildman–Crippen MR) is 79.3 cm³/mol. The first kappa shape index (κ1) is 14.2. The molecular weight excluding hydrogens is 254 g/mol. The third-order valence-corrected chi connectivity index (χ3v) is 2.69. The van der Waals surface area contributed by atoms with Crippen LogP contribution in [-0.4, -0.2) is 15.9 Å². The van der Waals surface area contributed by atoms with E-state index in [0.29, 0.717) is 29.0 Å². The van der Waals surface area contributed by atoms with Crippen molar-refractivity contribution in [2.75, 3.05) is 5.73 Å². The van der Waals surface area contributed by atoms with Gasteiger partial charge in [-0.15, -0.1) is 0 Å². The molecule has 0 bridgehead atoms. The van der Waals surface area contributed by atoms with Crippen LogP contribution in [0.3, 0.4) is 0 Å². The third kappa shape index (κ3) is 3.44. The maximum Gasteiger partial charge on any atom is 0.165 e. The Balaban J connectivity index is 2.16. The lowest BCUT2D eigenvalue weighted by atomic mass is 10.2. The smallest absolute Gasteiger partial charge is 0.165 e. The Hall–Kier alpha value is -2.17. The summed E-state index contributed by atoms with van der Waals surface area (Å²) in [7, 11) is 0. The molecule has 5 heteroatoms. The second-order valence-electron chi connectivity index (χ2n) is 5.22. The molecule has 0 saturated carbocycles. The minimum atomic E-state index is 0.0660. The molecule has 0 saturated heterocycles. The fourth-order valence-corrected chi connectivity index (χ4v) is 1.73. The highest BCUT2D eigenvalue weighted by Gasteiger charge is 2.08. The van der Waals surface area contributed by atoms with Gasteiger partial charge in [-0.2, -0.15) is 5.10 Å². The van der Waals surface area contributed by atoms with Crippen molar-refractivity contribution in [3.8, 4) is 17.2 Å². The number of hydrogen-bond donors (Lipinski definition) is 1. The minimum Gasteiger partial charge on any atom is -0.489 e. The summed E-state index contributed by atoms with van der Waals surface area (Å²) >= 11 is 0. The highest BCUT2D eigenvalue weighted by molar-refractivity contribution is 5.56. The van der Waals surface area contributed by atoms with E-state index in [1.807, 2.05) is 30.8 Å². The molecule has 108 valence electrons. The van der Waals surface area contributed by atoms with Gasteiger partial charge >= 0.3 is 0 Å². The van der Waals surface area contributed by atoms with Crippen LogP contribution in [0.4, 0.5) is 5.69 Å². The van der Waals surface area contributed by atoms with Crippen molar-refractivity contribution in [1.29, 1.82) is 0 Å². The molecule has 0 aliphatic heterocycles. The molecule has 1 aromatic carbocycles. The SMILES string of the molecule is CC(C)Oc1cc(Oc2cnn(C(C)C)c2)ccc1N. The number of nitrogens with zero attached hydrogens (tertiary/aromatic N) is 2. The van der Waals surface area contributed by atoms with Crippen LogP contribution in [0.15, 0.2) is 30.6 Å². The topological polar surface area (TPSA) is 62.3 Å². The molecule has 0 amide bonds. The Morgan fingerprint density at radius 2 is 1.90 bits per heavy atom. The lowest BCUT2D eigenvalue weighted by molar-refractivity contribution is 0.243. The summed E-state index contributed by atoms with van der Waals surface area (Å²) in [6.07, 6.45) is 3.62. The van der Waals surface area contributed by atoms with Crippen LogP contribution in [0.25, 0.3) is 0 Å². The zero-order chi connectivity index (χ0) is 14.7. The summed E-state index contributed by atoms with van der Waals surface area (Å²) < 4.78 is 13.3. The summed E-state index contributed by atoms with van der Waals surface area (Å²) in [4.78, 5) is 0. The first-order valence-electron chi connectivity index (χ1n) is 6.74. The van der Waals surface area contributed by atoms with Gasteiger partial charge in [0.1, 0.15) is 11.5 Å². The molecular formula is C15H21N3O2. The largest absolute Gasteiger partial charge is 0.489 e. The minimum absolute atomic E-state index is 0.0660. The van der Waals surface area contributed by atoms with Gasteiger partial charge in [-0.1, -0.05) is 0 Å². The molecule has 0 aliphatic carbocycles. The number of benzene rings is 1. The molecule has 0 radical (unpaired) electrons. The van der Waals surface area contributed by atoms with E-state index in [1.54, 1.807) is 18.3 Å². The molecule has 0 aliphatic rings. The van der Waals surface area contributed by atoms with Crippen molar-refractivity contribution in [3.05, 3.63) is 30.6 Å². The van der Waals surface area contributed by atoms with Gasteiger partial charge in [0.05, 0.1) is 24.2 Å². The molecule has 1 aromatic heterocycles. The Kier molecular flexibility index (Phi) is 4.17. The average molecular weight is 275 g/mol. The van der Waals surface area contributed by atoms with Crippen molar-refractivity contribution in [2.24, 2.45) is 0 Å². The number of nitrogens with two attached hydrogens (primary N) is 1. The second-order valence-corrected chi connectivity index (χ2v) is 5.22. The van der Waals surface area contributed by atoms with E-state index in [0.717, 1.165) is 0 Å². The molecule has 2 aromatic rings. The normalized spacial score (nSPS) is 11.1. The van der Waals surface area contributed by atoms with E-state index in [2.05, 4.69) is 18.9 Å². The highest BCUT2D eigenvalue weighted by Crippen LogP contribution is 2.30. The molecule has 5 nitrogen and oxygen atoms in total. The molecule has 0 spiro atoms. The molecule has 20 heavy (non-hydrogen) atoms. The third-order valence-electron chi connectivity index (χ3n) is 2.69. The molecule has 1 heterocycles. The van der Waals surface area contributed by atoms with Crippen LogP contribution in [0.1, 0.15) is 33.7 Å². The number of rotatable bonds is 5. The standard InChI is InChI=1S/C15H21N3O2/c1-10(2)18-9-13(8-17-18)20-12-5-6-14(16)15(7-12)19-11(3)4/h5-11H,16H2,1-4H3. The van der Waals surface area contributed by atoms with Crippen LogP contribution in [0.5, 0.6) is 17.2 Å². The van der Waals surface area contributed by atoms with Gasteiger partial charge in [-0.25, -0.2) is 0 Å². The lowest BCUT2D eigenvalue weighted by Crippen LogP contribution is -2.07. The predicted octanol–water partition coefficient (Wildman–Crippen LogP) is 3.63. The van der Waals surface area contributed by atoms with Crippen molar-refractivity contribution < 1.29 is 9.47 Å². The van der Waals surface area contributed by atoms with Gasteiger partial charge in [-0.3, -0.25) is 4.68 Å². The van der Waals surface area contributed by atoms with E-state index < -0.39 is 0 Å². The summed E-state index contributed by atoms with van der Waals surface area (Å²) in [5.74, 6) is 2.01. The summed E-state index contributed by atoms with van der Waals surface area (Å²) in [5.41, 5.74) is 6.48. The zero-order valence-corrected chi connectivity index (χ0v) is 12.3. The Morgan fingerprint density at radius 1 is 1.15 bits per heavy atom. The zero-order valence-electron chi connectivity index (χ0n) is 12.3. The van der Waals surface area contributed by atoms with Gasteiger partial charge in [0, 0.05) is 12.1 Å². The van der Waals surface area contributed by atoms with Gasteiger partial charge in [0.25, 0.3) is 0 Å². The average Bonchev–Trinajstić information content (AvgIpc) is 2.81. The van der Waals surface area contributed by atoms with Crippen LogP contribution in [0, 0.1) is 0 Å². The van der Waals surface area contributed by atoms with Crippen LogP contribution < -0.4 is 15.2 Å². The van der Waals surface area contributed by atoms with Crippen molar-refractivity contribution in [3.63, 3.8) is 0 Å². The van der Waals surface area contributed by atoms with Gasteiger partial charge in [0.15, 0.2) is 5.75 Å². The van der Waals surface area contributed by atoms with Gasteiger partial charge in [-0.05, 0) is 39.8 Å². The van der Waals surface area contributed by atoms with E-state index in [1.165, 1.54) is 0 Å². The second kappa shape index (κ2) is 5.86. The molecule has 0 atom stereocenters.